The third kappa shape index (κ3) is 5.29. The van der Waals surface area contributed by atoms with Gasteiger partial charge in [-0.05, 0) is 49.7 Å². The Balaban J connectivity index is 2.06. The number of carbonyl (C=O) groups excluding carboxylic acids is 2. The molecule has 2 rings (SSSR count). The van der Waals surface area contributed by atoms with Crippen LogP contribution in [0.3, 0.4) is 0 Å². The molecule has 0 bridgehead atoms. The van der Waals surface area contributed by atoms with E-state index < -0.39 is 21.9 Å². The number of likely N-dealkylation sites (N-methyl/N-ethyl adjacent to an activating group) is 1. The molecule has 0 aliphatic carbocycles. The Labute approximate surface area is 166 Å². The highest BCUT2D eigenvalue weighted by Gasteiger charge is 2.23. The maximum Gasteiger partial charge on any atom is 0.348 e. The summed E-state index contributed by atoms with van der Waals surface area (Å²) in [7, 11) is -2.51. The molecular weight excluding hydrogens is 412 g/mol. The van der Waals surface area contributed by atoms with Crippen molar-refractivity contribution in [1.29, 1.82) is 0 Å². The van der Waals surface area contributed by atoms with Crippen molar-refractivity contribution in [3.63, 3.8) is 0 Å². The monoisotopic (exact) mass is 430 g/mol. The van der Waals surface area contributed by atoms with Gasteiger partial charge in [0.15, 0.2) is 0 Å². The van der Waals surface area contributed by atoms with Crippen LogP contribution in [0.2, 0.25) is 5.02 Å². The van der Waals surface area contributed by atoms with E-state index in [4.69, 9.17) is 16.3 Å². The van der Waals surface area contributed by atoms with Crippen molar-refractivity contribution < 1.29 is 22.7 Å². The second-order valence-electron chi connectivity index (χ2n) is 5.61. The van der Waals surface area contributed by atoms with E-state index in [9.17, 15) is 18.0 Å². The Morgan fingerprint density at radius 3 is 2.48 bits per heavy atom. The van der Waals surface area contributed by atoms with Crippen LogP contribution in [-0.4, -0.2) is 44.8 Å². The normalized spacial score (nSPS) is 11.4. The molecule has 0 spiro atoms. The molecule has 0 radical (unpaired) electrons. The van der Waals surface area contributed by atoms with Crippen molar-refractivity contribution in [3.05, 3.63) is 45.8 Å². The fraction of sp³-hybridized carbons (Fsp3) is 0.294. The number of aryl methyl sites for hydroxylation is 1. The van der Waals surface area contributed by atoms with Gasteiger partial charge in [0.25, 0.3) is 0 Å². The number of amides is 1. The molecule has 7 nitrogen and oxygen atoms in total. The van der Waals surface area contributed by atoms with Gasteiger partial charge < -0.3 is 10.1 Å². The summed E-state index contributed by atoms with van der Waals surface area (Å²) in [5.74, 6) is -0.977. The number of ether oxygens (including phenoxy) is 1. The Hall–Kier alpha value is -1.94. The lowest BCUT2D eigenvalue weighted by atomic mass is 10.3. The molecule has 1 N–H and O–H groups in total. The van der Waals surface area contributed by atoms with Crippen molar-refractivity contribution in [2.24, 2.45) is 0 Å². The molecule has 1 aromatic heterocycles. The molecule has 0 saturated carbocycles. The molecule has 0 saturated heterocycles. The van der Waals surface area contributed by atoms with E-state index in [0.717, 1.165) is 15.6 Å². The van der Waals surface area contributed by atoms with Crippen molar-refractivity contribution in [2.75, 3.05) is 25.5 Å². The number of rotatable bonds is 7. The van der Waals surface area contributed by atoms with Crippen LogP contribution in [0.1, 0.15) is 22.2 Å². The van der Waals surface area contributed by atoms with E-state index in [0.29, 0.717) is 20.5 Å². The molecular formula is C17H19ClN2O5S2. The van der Waals surface area contributed by atoms with Crippen LogP contribution >= 0.6 is 22.9 Å². The molecule has 0 aliphatic rings. The van der Waals surface area contributed by atoms with Gasteiger partial charge in [-0.2, -0.15) is 4.31 Å². The third-order valence-corrected chi connectivity index (χ3v) is 6.73. The number of sulfonamides is 1. The molecule has 0 fully saturated rings. The highest BCUT2D eigenvalue weighted by molar-refractivity contribution is 7.89. The molecule has 1 aromatic carbocycles. The second-order valence-corrected chi connectivity index (χ2v) is 9.14. The fourth-order valence-electron chi connectivity index (χ4n) is 2.19. The summed E-state index contributed by atoms with van der Waals surface area (Å²) >= 11 is 6.85. The quantitative estimate of drug-likeness (QED) is 0.681. The van der Waals surface area contributed by atoms with Gasteiger partial charge >= 0.3 is 5.97 Å². The zero-order valence-electron chi connectivity index (χ0n) is 15.0. The van der Waals surface area contributed by atoms with E-state index >= 15 is 0 Å². The average Bonchev–Trinajstić information content (AvgIpc) is 2.95. The van der Waals surface area contributed by atoms with Crippen LogP contribution in [0.4, 0.5) is 5.00 Å². The second kappa shape index (κ2) is 8.83. The molecule has 0 unspecified atom stereocenters. The van der Waals surface area contributed by atoms with Crippen molar-refractivity contribution in [2.45, 2.75) is 18.7 Å². The van der Waals surface area contributed by atoms with Gasteiger partial charge in [0.1, 0.15) is 4.88 Å². The highest BCUT2D eigenvalue weighted by atomic mass is 35.5. The number of nitrogens with zero attached hydrogens (tertiary/aromatic N) is 1. The number of nitrogens with one attached hydrogen (secondary N) is 1. The average molecular weight is 431 g/mol. The minimum Gasteiger partial charge on any atom is -0.462 e. The number of thiophene rings is 1. The fourth-order valence-corrected chi connectivity index (χ4v) is 4.43. The maximum atomic E-state index is 12.5. The Morgan fingerprint density at radius 2 is 1.89 bits per heavy atom. The summed E-state index contributed by atoms with van der Waals surface area (Å²) in [6.07, 6.45) is 0. The summed E-state index contributed by atoms with van der Waals surface area (Å²) in [5.41, 5.74) is 0.677. The minimum absolute atomic E-state index is 0.0405. The summed E-state index contributed by atoms with van der Waals surface area (Å²) < 4.78 is 30.9. The number of anilines is 1. The standard InChI is InChI=1S/C17H19ClN2O5S2/c1-4-25-17(22)16-11(2)9-15(26-16)19-14(21)10-20(3)27(23,24)13-7-5-12(18)6-8-13/h5-9H,4,10H2,1-3H3,(H,19,21). The number of hydrogen-bond donors (Lipinski definition) is 1. The van der Waals surface area contributed by atoms with Crippen LogP contribution in [0, 0.1) is 6.92 Å². The van der Waals surface area contributed by atoms with Gasteiger partial charge in [-0.3, -0.25) is 4.79 Å². The zero-order chi connectivity index (χ0) is 20.2. The van der Waals surface area contributed by atoms with E-state index in [2.05, 4.69) is 5.32 Å². The first kappa shape index (κ1) is 21.4. The van der Waals surface area contributed by atoms with E-state index in [1.54, 1.807) is 19.9 Å². The molecule has 1 heterocycles. The van der Waals surface area contributed by atoms with Gasteiger partial charge in [0.05, 0.1) is 23.0 Å². The maximum absolute atomic E-state index is 12.5. The third-order valence-electron chi connectivity index (χ3n) is 3.53. The molecule has 10 heteroatoms. The molecule has 146 valence electrons. The number of halogens is 1. The lowest BCUT2D eigenvalue weighted by Crippen LogP contribution is -2.34. The van der Waals surface area contributed by atoms with Gasteiger partial charge in [0, 0.05) is 12.1 Å². The van der Waals surface area contributed by atoms with Crippen molar-refractivity contribution in [3.8, 4) is 0 Å². The Kier molecular flexibility index (Phi) is 6.99. The molecule has 0 aliphatic heterocycles. The molecule has 1 amide bonds. The van der Waals surface area contributed by atoms with Crippen LogP contribution < -0.4 is 5.32 Å². The summed E-state index contributed by atoms with van der Waals surface area (Å²) in [4.78, 5) is 24.5. The minimum atomic E-state index is -3.82. The zero-order valence-corrected chi connectivity index (χ0v) is 17.4. The van der Waals surface area contributed by atoms with Gasteiger partial charge in [-0.15, -0.1) is 11.3 Å². The smallest absolute Gasteiger partial charge is 0.348 e. The topological polar surface area (TPSA) is 92.8 Å². The van der Waals surface area contributed by atoms with Gasteiger partial charge in [-0.25, -0.2) is 13.2 Å². The lowest BCUT2D eigenvalue weighted by molar-refractivity contribution is -0.116. The SMILES string of the molecule is CCOC(=O)c1sc(NC(=O)CN(C)S(=O)(=O)c2ccc(Cl)cc2)cc1C. The number of hydrogen-bond acceptors (Lipinski definition) is 6. The van der Waals surface area contributed by atoms with E-state index in [-0.39, 0.29) is 18.0 Å². The van der Waals surface area contributed by atoms with Gasteiger partial charge in [-0.1, -0.05) is 11.6 Å². The molecule has 0 atom stereocenters. The first-order valence-electron chi connectivity index (χ1n) is 7.94. The summed E-state index contributed by atoms with van der Waals surface area (Å²) in [5, 5.41) is 3.47. The first-order valence-corrected chi connectivity index (χ1v) is 10.6. The van der Waals surface area contributed by atoms with Gasteiger partial charge in [0.2, 0.25) is 15.9 Å². The Morgan fingerprint density at radius 1 is 1.26 bits per heavy atom. The summed E-state index contributed by atoms with van der Waals surface area (Å²) in [6.45, 7) is 3.32. The lowest BCUT2D eigenvalue weighted by Gasteiger charge is -2.16. The van der Waals surface area contributed by atoms with Crippen molar-refractivity contribution in [1.82, 2.24) is 4.31 Å². The Bertz CT molecular complexity index is 939. The number of carbonyl (C=O) groups is 2. The number of benzene rings is 1. The number of esters is 1. The van der Waals surface area contributed by atoms with Crippen molar-refractivity contribution >= 4 is 49.8 Å². The molecule has 27 heavy (non-hydrogen) atoms. The van der Waals surface area contributed by atoms with Crippen LogP contribution in [0.5, 0.6) is 0 Å². The predicted octanol–water partition coefficient (Wildman–Crippen LogP) is 3.15. The summed E-state index contributed by atoms with van der Waals surface area (Å²) in [6, 6.07) is 7.32. The highest BCUT2D eigenvalue weighted by Crippen LogP contribution is 2.27. The first-order chi connectivity index (χ1) is 12.6. The largest absolute Gasteiger partial charge is 0.462 e. The van der Waals surface area contributed by atoms with E-state index in [1.807, 2.05) is 0 Å². The van der Waals surface area contributed by atoms with E-state index in [1.165, 1.54) is 31.3 Å². The predicted molar refractivity (Wildman–Crippen MR) is 105 cm³/mol. The van der Waals surface area contributed by atoms with Crippen LogP contribution in [0.25, 0.3) is 0 Å². The van der Waals surface area contributed by atoms with Crippen LogP contribution in [0.15, 0.2) is 35.2 Å². The van der Waals surface area contributed by atoms with Crippen LogP contribution in [-0.2, 0) is 19.6 Å². The molecule has 2 aromatic rings.